The number of amides is 1. The lowest BCUT2D eigenvalue weighted by Crippen LogP contribution is -2.50. The van der Waals surface area contributed by atoms with Gasteiger partial charge in [-0.2, -0.15) is 13.2 Å². The van der Waals surface area contributed by atoms with Gasteiger partial charge in [-0.25, -0.2) is 13.2 Å². The molecule has 0 radical (unpaired) electrons. The van der Waals surface area contributed by atoms with Crippen molar-refractivity contribution >= 4 is 25.0 Å². The van der Waals surface area contributed by atoms with Gasteiger partial charge in [-0.1, -0.05) is 0 Å². The van der Waals surface area contributed by atoms with Crippen molar-refractivity contribution in [3.63, 3.8) is 0 Å². The second kappa shape index (κ2) is 15.0. The monoisotopic (exact) mass is 500 g/mol. The lowest BCUT2D eigenvalue weighted by Gasteiger charge is -2.35. The first-order valence-corrected chi connectivity index (χ1v) is 13.0. The van der Waals surface area contributed by atoms with Crippen LogP contribution in [0.5, 0.6) is 0 Å². The molecule has 0 saturated carbocycles. The van der Waals surface area contributed by atoms with Gasteiger partial charge in [0.05, 0.1) is 19.6 Å². The molecule has 10 nitrogen and oxygen atoms in total. The van der Waals surface area contributed by atoms with E-state index in [1.54, 1.807) is 21.3 Å². The SMILES string of the molecule is CC[N+](CC)(CC)CCOC(=O)NCCC[Si](OC)(OC)OC.O=S(=O)([O-])C(F)(F)F. The molecule has 31 heavy (non-hydrogen) atoms. The highest BCUT2D eigenvalue weighted by Gasteiger charge is 2.37. The Morgan fingerprint density at radius 2 is 1.45 bits per heavy atom. The highest BCUT2D eigenvalue weighted by Crippen LogP contribution is 2.20. The van der Waals surface area contributed by atoms with E-state index < -0.39 is 24.4 Å². The average Bonchev–Trinajstić information content (AvgIpc) is 2.71. The standard InChI is InChI=1S/C15H34N2O5Si.CHF3O3S/c1-7-17(8-2,9-3)12-13-22-15(18)16-11-10-14-23(19-4,20-5)21-6;2-1(3,4)8(5,6)7/h7-14H2,1-6H3;(H,5,6,7). The molecular weight excluding hydrogens is 465 g/mol. The van der Waals surface area contributed by atoms with Crippen LogP contribution >= 0.6 is 0 Å². The van der Waals surface area contributed by atoms with E-state index in [2.05, 4.69) is 26.1 Å². The summed E-state index contributed by atoms with van der Waals surface area (Å²) in [5.74, 6) is 0. The molecule has 0 aromatic heterocycles. The van der Waals surface area contributed by atoms with E-state index in [1.807, 2.05) is 0 Å². The topological polar surface area (TPSA) is 123 Å². The number of alkyl halides is 3. The lowest BCUT2D eigenvalue weighted by atomic mass is 10.3. The van der Waals surface area contributed by atoms with Gasteiger partial charge in [0.2, 0.25) is 0 Å². The number of likely N-dealkylation sites (N-methyl/N-ethyl adjacent to an activating group) is 1. The molecule has 0 unspecified atom stereocenters. The molecule has 15 heteroatoms. The first kappa shape index (κ1) is 32.2. The van der Waals surface area contributed by atoms with Gasteiger partial charge in [-0.15, -0.1) is 0 Å². The Morgan fingerprint density at radius 1 is 1.03 bits per heavy atom. The van der Waals surface area contributed by atoms with Gasteiger partial charge in [-0.05, 0) is 27.2 Å². The maximum absolute atomic E-state index is 11.7. The Bertz CT molecular complexity index is 584. The van der Waals surface area contributed by atoms with E-state index in [9.17, 15) is 18.0 Å². The van der Waals surface area contributed by atoms with Crippen molar-refractivity contribution in [2.45, 2.75) is 38.7 Å². The Kier molecular flexibility index (Phi) is 15.6. The molecule has 188 valence electrons. The molecule has 0 spiro atoms. The highest BCUT2D eigenvalue weighted by atomic mass is 32.2. The second-order valence-corrected chi connectivity index (χ2v) is 10.8. The number of alkyl carbamates (subject to hydrolysis) is 1. The van der Waals surface area contributed by atoms with Crippen molar-refractivity contribution in [2.75, 3.05) is 60.7 Å². The van der Waals surface area contributed by atoms with E-state index >= 15 is 0 Å². The summed E-state index contributed by atoms with van der Waals surface area (Å²) in [6.07, 6.45) is 0.348. The zero-order chi connectivity index (χ0) is 24.8. The van der Waals surface area contributed by atoms with Crippen LogP contribution in [0.15, 0.2) is 0 Å². The molecule has 0 atom stereocenters. The van der Waals surface area contributed by atoms with Gasteiger partial charge in [0.25, 0.3) is 0 Å². The van der Waals surface area contributed by atoms with E-state index in [1.165, 1.54) is 0 Å². The number of carbonyl (C=O) groups is 1. The van der Waals surface area contributed by atoms with Crippen LogP contribution in [0.4, 0.5) is 18.0 Å². The minimum Gasteiger partial charge on any atom is -0.741 e. The quantitative estimate of drug-likeness (QED) is 0.134. The summed E-state index contributed by atoms with van der Waals surface area (Å²) in [5, 5.41) is 2.76. The summed E-state index contributed by atoms with van der Waals surface area (Å²) in [6.45, 7) is 11.5. The average molecular weight is 501 g/mol. The molecule has 0 aromatic carbocycles. The summed E-state index contributed by atoms with van der Waals surface area (Å²) in [6, 6.07) is 0.651. The van der Waals surface area contributed by atoms with E-state index in [4.69, 9.17) is 31.0 Å². The van der Waals surface area contributed by atoms with Gasteiger partial charge in [-0.3, -0.25) is 0 Å². The smallest absolute Gasteiger partial charge is 0.500 e. The van der Waals surface area contributed by atoms with Gasteiger partial charge >= 0.3 is 20.4 Å². The van der Waals surface area contributed by atoms with E-state index in [0.29, 0.717) is 19.2 Å². The predicted octanol–water partition coefficient (Wildman–Crippen LogP) is 1.91. The largest absolute Gasteiger partial charge is 0.741 e. The minimum atomic E-state index is -6.09. The van der Waals surface area contributed by atoms with Crippen molar-refractivity contribution < 1.29 is 53.4 Å². The summed E-state index contributed by atoms with van der Waals surface area (Å²) < 4.78 is 81.1. The number of nitrogens with one attached hydrogen (secondary N) is 1. The van der Waals surface area contributed by atoms with Crippen LogP contribution in [0.2, 0.25) is 6.04 Å². The minimum absolute atomic E-state index is 0.370. The normalized spacial score (nSPS) is 12.7. The molecule has 0 heterocycles. The molecule has 1 amide bonds. The predicted molar refractivity (Wildman–Crippen MR) is 108 cm³/mol. The third-order valence-corrected chi connectivity index (χ3v) is 8.36. The third-order valence-electron chi connectivity index (χ3n) is 4.96. The maximum Gasteiger partial charge on any atom is 0.500 e. The summed E-state index contributed by atoms with van der Waals surface area (Å²) in [4.78, 5) is 11.7. The zero-order valence-electron chi connectivity index (χ0n) is 18.9. The molecule has 0 aliphatic rings. The Morgan fingerprint density at radius 3 is 1.77 bits per heavy atom. The summed E-state index contributed by atoms with van der Waals surface area (Å²) in [7, 11) is -3.89. The van der Waals surface area contributed by atoms with Gasteiger partial charge < -0.3 is 32.4 Å². The first-order valence-electron chi connectivity index (χ1n) is 9.65. The van der Waals surface area contributed by atoms with E-state index in [-0.39, 0.29) is 6.09 Å². The number of nitrogens with zero attached hydrogens (tertiary/aromatic N) is 1. The van der Waals surface area contributed by atoms with Crippen molar-refractivity contribution in [2.24, 2.45) is 0 Å². The fourth-order valence-electron chi connectivity index (χ4n) is 2.58. The second-order valence-electron chi connectivity index (χ2n) is 6.38. The van der Waals surface area contributed by atoms with Crippen LogP contribution in [-0.2, 0) is 28.1 Å². The first-order chi connectivity index (χ1) is 14.2. The Labute approximate surface area is 183 Å². The van der Waals surface area contributed by atoms with Crippen LogP contribution in [0.3, 0.4) is 0 Å². The summed E-state index contributed by atoms with van der Waals surface area (Å²) >= 11 is 0. The van der Waals surface area contributed by atoms with Crippen molar-refractivity contribution in [1.29, 1.82) is 0 Å². The fourth-order valence-corrected chi connectivity index (χ4v) is 4.30. The van der Waals surface area contributed by atoms with Crippen LogP contribution in [0.25, 0.3) is 0 Å². The van der Waals surface area contributed by atoms with Crippen LogP contribution in [0.1, 0.15) is 27.2 Å². The number of quaternary nitrogens is 1. The number of hydrogen-bond donors (Lipinski definition) is 1. The van der Waals surface area contributed by atoms with Gasteiger partial charge in [0.15, 0.2) is 10.1 Å². The number of hydrogen-bond acceptors (Lipinski definition) is 8. The Balaban J connectivity index is 0. The molecule has 0 aliphatic heterocycles. The molecule has 0 fully saturated rings. The van der Waals surface area contributed by atoms with Gasteiger partial charge in [0.1, 0.15) is 13.2 Å². The highest BCUT2D eigenvalue weighted by molar-refractivity contribution is 7.86. The zero-order valence-corrected chi connectivity index (χ0v) is 20.7. The number of rotatable bonds is 13. The lowest BCUT2D eigenvalue weighted by molar-refractivity contribution is -0.923. The molecule has 1 N–H and O–H groups in total. The molecule has 0 aromatic rings. The van der Waals surface area contributed by atoms with Crippen molar-refractivity contribution in [3.05, 3.63) is 0 Å². The molecule has 0 saturated heterocycles. The van der Waals surface area contributed by atoms with E-state index in [0.717, 1.165) is 37.1 Å². The molecule has 0 aliphatic carbocycles. The van der Waals surface area contributed by atoms with Gasteiger partial charge in [0, 0.05) is 33.9 Å². The molecule has 0 rings (SSSR count). The summed E-state index contributed by atoms with van der Waals surface area (Å²) in [5.41, 5.74) is -5.65. The number of ether oxygens (including phenoxy) is 1. The number of halogens is 3. The fraction of sp³-hybridized carbons (Fsp3) is 0.938. The Hall–Kier alpha value is -0.973. The third kappa shape index (κ3) is 12.6. The van der Waals surface area contributed by atoms with Crippen LogP contribution in [-0.4, -0.2) is 98.5 Å². The number of carbonyl (C=O) groups excluding carboxylic acids is 1. The van der Waals surface area contributed by atoms with Crippen LogP contribution in [0, 0.1) is 0 Å². The molecular formula is C16H35F3N2O8SSi. The van der Waals surface area contributed by atoms with Crippen molar-refractivity contribution in [3.8, 4) is 0 Å². The van der Waals surface area contributed by atoms with Crippen LogP contribution < -0.4 is 5.32 Å². The van der Waals surface area contributed by atoms with Crippen molar-refractivity contribution in [1.82, 2.24) is 5.32 Å². The molecule has 0 bridgehead atoms. The maximum atomic E-state index is 11.7.